The lowest BCUT2D eigenvalue weighted by molar-refractivity contribution is 0.0951. The Bertz CT molecular complexity index is 1140. The van der Waals surface area contributed by atoms with Crippen molar-refractivity contribution in [3.63, 3.8) is 0 Å². The first-order chi connectivity index (χ1) is 14.8. The number of sulfonamides is 1. The molecule has 0 aliphatic heterocycles. The second kappa shape index (κ2) is 9.66. The maximum absolute atomic E-state index is 12.8. The number of ether oxygens (including phenoxy) is 1. The van der Waals surface area contributed by atoms with Crippen LogP contribution in [0.1, 0.15) is 34.3 Å². The van der Waals surface area contributed by atoms with Crippen molar-refractivity contribution in [3.8, 4) is 5.75 Å². The van der Waals surface area contributed by atoms with E-state index in [4.69, 9.17) is 4.74 Å². The summed E-state index contributed by atoms with van der Waals surface area (Å²) in [5.41, 5.74) is 2.56. The van der Waals surface area contributed by atoms with Gasteiger partial charge < -0.3 is 10.1 Å². The van der Waals surface area contributed by atoms with Gasteiger partial charge in [0.2, 0.25) is 0 Å². The number of anilines is 1. The number of hydrogen-bond acceptors (Lipinski definition) is 4. The minimum atomic E-state index is -3.85. The molecule has 0 bridgehead atoms. The third-order valence-electron chi connectivity index (χ3n) is 5.04. The van der Waals surface area contributed by atoms with Crippen molar-refractivity contribution in [2.24, 2.45) is 0 Å². The first-order valence-corrected chi connectivity index (χ1v) is 11.4. The Labute approximate surface area is 183 Å². The van der Waals surface area contributed by atoms with Crippen molar-refractivity contribution in [1.82, 2.24) is 5.32 Å². The average Bonchev–Trinajstić information content (AvgIpc) is 2.78. The monoisotopic (exact) mass is 438 g/mol. The maximum Gasteiger partial charge on any atom is 0.261 e. The van der Waals surface area contributed by atoms with Crippen LogP contribution in [0.2, 0.25) is 0 Å². The number of benzene rings is 3. The summed E-state index contributed by atoms with van der Waals surface area (Å²) in [6.07, 6.45) is 0. The normalized spacial score (nSPS) is 12.1. The van der Waals surface area contributed by atoms with E-state index in [0.29, 0.717) is 29.1 Å². The molecule has 0 aromatic heterocycles. The van der Waals surface area contributed by atoms with Crippen LogP contribution < -0.4 is 14.8 Å². The Morgan fingerprint density at radius 2 is 1.68 bits per heavy atom. The number of amides is 1. The quantitative estimate of drug-likeness (QED) is 0.548. The largest absolute Gasteiger partial charge is 0.497 e. The highest BCUT2D eigenvalue weighted by atomic mass is 32.2. The summed E-state index contributed by atoms with van der Waals surface area (Å²) in [5, 5.41) is 2.91. The van der Waals surface area contributed by atoms with E-state index >= 15 is 0 Å². The van der Waals surface area contributed by atoms with Crippen molar-refractivity contribution in [1.29, 1.82) is 0 Å². The highest BCUT2D eigenvalue weighted by molar-refractivity contribution is 7.92. The molecule has 1 atom stereocenters. The topological polar surface area (TPSA) is 84.5 Å². The fourth-order valence-corrected chi connectivity index (χ4v) is 4.21. The van der Waals surface area contributed by atoms with Crippen LogP contribution in [0.15, 0.2) is 77.7 Å². The Kier molecular flexibility index (Phi) is 6.97. The molecular formula is C24H26N2O4S. The number of carbonyl (C=O) groups is 1. The third-order valence-corrected chi connectivity index (χ3v) is 6.42. The average molecular weight is 439 g/mol. The molecule has 31 heavy (non-hydrogen) atoms. The predicted octanol–water partition coefficient (Wildman–Crippen LogP) is 4.34. The molecule has 3 rings (SSSR count). The van der Waals surface area contributed by atoms with Crippen molar-refractivity contribution >= 4 is 21.6 Å². The van der Waals surface area contributed by atoms with Gasteiger partial charge in [0.1, 0.15) is 5.75 Å². The van der Waals surface area contributed by atoms with E-state index in [2.05, 4.69) is 10.0 Å². The van der Waals surface area contributed by atoms with E-state index < -0.39 is 10.0 Å². The lowest BCUT2D eigenvalue weighted by Crippen LogP contribution is -2.28. The van der Waals surface area contributed by atoms with Gasteiger partial charge in [-0.3, -0.25) is 9.52 Å². The van der Waals surface area contributed by atoms with Gasteiger partial charge in [0.15, 0.2) is 0 Å². The zero-order chi connectivity index (χ0) is 22.4. The number of methoxy groups -OCH3 is 1. The molecule has 3 aromatic rings. The summed E-state index contributed by atoms with van der Waals surface area (Å²) < 4.78 is 33.3. The van der Waals surface area contributed by atoms with Crippen LogP contribution in [0.3, 0.4) is 0 Å². The lowest BCUT2D eigenvalue weighted by atomic mass is 10.0. The Morgan fingerprint density at radius 3 is 2.32 bits per heavy atom. The Balaban J connectivity index is 1.74. The van der Waals surface area contributed by atoms with Crippen molar-refractivity contribution in [2.45, 2.75) is 24.7 Å². The van der Waals surface area contributed by atoms with Crippen LogP contribution in [0, 0.1) is 6.92 Å². The molecule has 1 amide bonds. The van der Waals surface area contributed by atoms with E-state index in [1.807, 2.05) is 37.3 Å². The fourth-order valence-electron chi connectivity index (χ4n) is 3.13. The molecule has 3 aromatic carbocycles. The van der Waals surface area contributed by atoms with Crippen LogP contribution in [0.4, 0.5) is 5.69 Å². The van der Waals surface area contributed by atoms with Crippen molar-refractivity contribution < 1.29 is 17.9 Å². The van der Waals surface area contributed by atoms with Crippen LogP contribution in [0.25, 0.3) is 0 Å². The second-order valence-electron chi connectivity index (χ2n) is 7.33. The van der Waals surface area contributed by atoms with Crippen LogP contribution in [-0.4, -0.2) is 28.0 Å². The minimum Gasteiger partial charge on any atom is -0.497 e. The molecule has 2 N–H and O–H groups in total. The van der Waals surface area contributed by atoms with Crippen LogP contribution in [0.5, 0.6) is 5.75 Å². The highest BCUT2D eigenvalue weighted by Gasteiger charge is 2.19. The van der Waals surface area contributed by atoms with Crippen molar-refractivity contribution in [3.05, 3.63) is 89.5 Å². The lowest BCUT2D eigenvalue weighted by Gasteiger charge is -2.15. The molecule has 1 unspecified atom stereocenters. The second-order valence-corrected chi connectivity index (χ2v) is 9.01. The Hall–Kier alpha value is -3.32. The molecule has 0 aliphatic rings. The van der Waals surface area contributed by atoms with Crippen LogP contribution >= 0.6 is 0 Å². The van der Waals surface area contributed by atoms with E-state index in [0.717, 1.165) is 5.56 Å². The van der Waals surface area contributed by atoms with E-state index in [1.165, 1.54) is 12.1 Å². The molecule has 162 valence electrons. The van der Waals surface area contributed by atoms with Gasteiger partial charge in [-0.15, -0.1) is 0 Å². The number of hydrogen-bond donors (Lipinski definition) is 2. The number of rotatable bonds is 8. The van der Waals surface area contributed by atoms with E-state index in [1.54, 1.807) is 44.4 Å². The van der Waals surface area contributed by atoms with Gasteiger partial charge >= 0.3 is 0 Å². The first kappa shape index (κ1) is 22.4. The number of nitrogens with one attached hydrogen (secondary N) is 2. The van der Waals surface area contributed by atoms with Gasteiger partial charge in [-0.2, -0.15) is 0 Å². The summed E-state index contributed by atoms with van der Waals surface area (Å²) in [7, 11) is -2.31. The van der Waals surface area contributed by atoms with Gasteiger partial charge in [0.25, 0.3) is 15.9 Å². The van der Waals surface area contributed by atoms with E-state index in [-0.39, 0.29) is 16.7 Å². The summed E-state index contributed by atoms with van der Waals surface area (Å²) in [4.78, 5) is 12.8. The highest BCUT2D eigenvalue weighted by Crippen LogP contribution is 2.21. The predicted molar refractivity (Wildman–Crippen MR) is 122 cm³/mol. The Morgan fingerprint density at radius 1 is 1.00 bits per heavy atom. The zero-order valence-corrected chi connectivity index (χ0v) is 18.6. The molecule has 0 spiro atoms. The SMILES string of the molecule is COc1ccc(NS(=O)(=O)c2ccc(C)c(C(=O)NCC(C)c3ccccc3)c2)cc1. The van der Waals surface area contributed by atoms with Gasteiger partial charge in [0, 0.05) is 17.8 Å². The summed E-state index contributed by atoms with van der Waals surface area (Å²) in [6.45, 7) is 4.26. The third kappa shape index (κ3) is 5.64. The van der Waals surface area contributed by atoms with Gasteiger partial charge in [-0.05, 0) is 60.4 Å². The smallest absolute Gasteiger partial charge is 0.261 e. The molecule has 0 radical (unpaired) electrons. The van der Waals surface area contributed by atoms with Gasteiger partial charge in [-0.25, -0.2) is 8.42 Å². The first-order valence-electron chi connectivity index (χ1n) is 9.91. The standard InChI is InChI=1S/C24H26N2O4S/c1-17-9-14-22(31(28,29)26-20-10-12-21(30-3)13-11-20)15-23(17)24(27)25-16-18(2)19-7-5-4-6-8-19/h4-15,18,26H,16H2,1-3H3,(H,25,27). The molecule has 7 heteroatoms. The molecule has 0 fully saturated rings. The molecular weight excluding hydrogens is 412 g/mol. The summed E-state index contributed by atoms with van der Waals surface area (Å²) in [5.74, 6) is 0.456. The molecule has 0 saturated heterocycles. The van der Waals surface area contributed by atoms with Gasteiger partial charge in [0.05, 0.1) is 12.0 Å². The molecule has 0 saturated carbocycles. The van der Waals surface area contributed by atoms with Gasteiger partial charge in [-0.1, -0.05) is 43.3 Å². The van der Waals surface area contributed by atoms with Crippen LogP contribution in [-0.2, 0) is 10.0 Å². The molecule has 0 aliphatic carbocycles. The number of aryl methyl sites for hydroxylation is 1. The summed E-state index contributed by atoms with van der Waals surface area (Å²) in [6, 6.07) is 21.0. The molecule has 0 heterocycles. The molecule has 6 nitrogen and oxygen atoms in total. The number of carbonyl (C=O) groups excluding carboxylic acids is 1. The minimum absolute atomic E-state index is 0.0233. The van der Waals surface area contributed by atoms with Crippen molar-refractivity contribution in [2.75, 3.05) is 18.4 Å². The zero-order valence-electron chi connectivity index (χ0n) is 17.8. The van der Waals surface area contributed by atoms with E-state index in [9.17, 15) is 13.2 Å². The fraction of sp³-hybridized carbons (Fsp3) is 0.208. The maximum atomic E-state index is 12.8. The summed E-state index contributed by atoms with van der Waals surface area (Å²) >= 11 is 0.